The van der Waals surface area contributed by atoms with Crippen LogP contribution in [0.2, 0.25) is 0 Å². The second kappa shape index (κ2) is 6.47. The van der Waals surface area contributed by atoms with Crippen molar-refractivity contribution < 1.29 is 27.9 Å². The number of carboxylic acids is 1. The fraction of sp³-hybridized carbons (Fsp3) is 0.353. The van der Waals surface area contributed by atoms with E-state index in [4.69, 9.17) is 0 Å². The van der Waals surface area contributed by atoms with Gasteiger partial charge in [-0.3, -0.25) is 4.79 Å². The van der Waals surface area contributed by atoms with Crippen molar-refractivity contribution in [1.29, 1.82) is 0 Å². The van der Waals surface area contributed by atoms with Crippen LogP contribution >= 0.6 is 0 Å². The number of aliphatic carboxylic acids is 1. The predicted molar refractivity (Wildman–Crippen MR) is 85.0 cm³/mol. The Hall–Kier alpha value is -2.84. The summed E-state index contributed by atoms with van der Waals surface area (Å²) in [6.07, 6.45) is -2.26. The lowest BCUT2D eigenvalue weighted by atomic mass is 10.1. The molecule has 0 saturated carbocycles. The summed E-state index contributed by atoms with van der Waals surface area (Å²) < 4.78 is 39.9. The van der Waals surface area contributed by atoms with Gasteiger partial charge in [0.2, 0.25) is 0 Å². The van der Waals surface area contributed by atoms with Crippen molar-refractivity contribution in [3.05, 3.63) is 47.3 Å². The molecule has 1 fully saturated rings. The number of halogens is 3. The molecule has 3 rings (SSSR count). The maximum atomic E-state index is 12.9. The molecule has 1 aliphatic rings. The summed E-state index contributed by atoms with van der Waals surface area (Å²) in [6, 6.07) is 3.74. The van der Waals surface area contributed by atoms with Crippen LogP contribution in [0.25, 0.3) is 5.69 Å². The Morgan fingerprint density at radius 2 is 2.04 bits per heavy atom. The molecule has 1 aromatic carbocycles. The number of carbonyl (C=O) groups is 2. The van der Waals surface area contributed by atoms with Crippen LogP contribution in [-0.2, 0) is 11.0 Å². The van der Waals surface area contributed by atoms with E-state index in [1.54, 1.807) is 6.92 Å². The van der Waals surface area contributed by atoms with Gasteiger partial charge in [-0.25, -0.2) is 9.48 Å². The number of likely N-dealkylation sites (tertiary alicyclic amines) is 1. The van der Waals surface area contributed by atoms with E-state index in [2.05, 4.69) is 5.10 Å². The molecular formula is C17H16F3N3O3. The Morgan fingerprint density at radius 1 is 1.31 bits per heavy atom. The Morgan fingerprint density at radius 3 is 2.69 bits per heavy atom. The average molecular weight is 367 g/mol. The molecule has 1 N–H and O–H groups in total. The van der Waals surface area contributed by atoms with E-state index in [0.29, 0.717) is 25.1 Å². The maximum Gasteiger partial charge on any atom is 0.416 e. The van der Waals surface area contributed by atoms with Crippen LogP contribution in [-0.4, -0.2) is 44.3 Å². The van der Waals surface area contributed by atoms with E-state index >= 15 is 0 Å². The minimum absolute atomic E-state index is 0.174. The van der Waals surface area contributed by atoms with Crippen molar-refractivity contribution in [1.82, 2.24) is 14.7 Å². The van der Waals surface area contributed by atoms with Crippen molar-refractivity contribution in [2.75, 3.05) is 6.54 Å². The number of carbonyl (C=O) groups excluding carboxylic acids is 1. The third-order valence-corrected chi connectivity index (χ3v) is 4.46. The molecular weight excluding hydrogens is 351 g/mol. The topological polar surface area (TPSA) is 75.4 Å². The summed E-state index contributed by atoms with van der Waals surface area (Å²) in [4.78, 5) is 25.2. The lowest BCUT2D eigenvalue weighted by Gasteiger charge is -2.21. The first-order chi connectivity index (χ1) is 12.2. The number of benzene rings is 1. The van der Waals surface area contributed by atoms with Crippen LogP contribution in [0.4, 0.5) is 13.2 Å². The summed E-state index contributed by atoms with van der Waals surface area (Å²) >= 11 is 0. The molecule has 0 spiro atoms. The van der Waals surface area contributed by atoms with Gasteiger partial charge < -0.3 is 10.0 Å². The molecule has 26 heavy (non-hydrogen) atoms. The second-order valence-electron chi connectivity index (χ2n) is 6.10. The Bertz CT molecular complexity index is 860. The van der Waals surface area contributed by atoms with E-state index in [9.17, 15) is 27.9 Å². The standard InChI is InChI=1S/C17H16F3N3O3/c1-10-13(15(24)22-7-3-6-14(22)16(25)26)9-21-23(10)12-5-2-4-11(8-12)17(18,19)20/h2,4-5,8-9,14H,3,6-7H2,1H3,(H,25,26)/t14-/m0/s1. The minimum Gasteiger partial charge on any atom is -0.480 e. The van der Waals surface area contributed by atoms with Gasteiger partial charge in [0.1, 0.15) is 6.04 Å². The highest BCUT2D eigenvalue weighted by Gasteiger charge is 2.36. The van der Waals surface area contributed by atoms with Gasteiger partial charge in [-0.1, -0.05) is 6.07 Å². The first-order valence-corrected chi connectivity index (χ1v) is 7.96. The van der Waals surface area contributed by atoms with Gasteiger partial charge in [0.15, 0.2) is 0 Å². The molecule has 1 amide bonds. The van der Waals surface area contributed by atoms with Crippen LogP contribution < -0.4 is 0 Å². The predicted octanol–water partition coefficient (Wildman–Crippen LogP) is 2.89. The van der Waals surface area contributed by atoms with Gasteiger partial charge in [-0.15, -0.1) is 0 Å². The third-order valence-electron chi connectivity index (χ3n) is 4.46. The summed E-state index contributed by atoms with van der Waals surface area (Å²) in [6.45, 7) is 1.89. The Labute approximate surface area is 146 Å². The summed E-state index contributed by atoms with van der Waals surface area (Å²) in [5.74, 6) is -1.55. The fourth-order valence-electron chi connectivity index (χ4n) is 3.12. The Kier molecular flexibility index (Phi) is 4.47. The van der Waals surface area contributed by atoms with Gasteiger partial charge in [0.25, 0.3) is 5.91 Å². The average Bonchev–Trinajstić information content (AvgIpc) is 3.20. The highest BCUT2D eigenvalue weighted by Crippen LogP contribution is 2.31. The van der Waals surface area contributed by atoms with E-state index in [1.165, 1.54) is 27.9 Å². The van der Waals surface area contributed by atoms with Gasteiger partial charge in [0.05, 0.1) is 28.7 Å². The normalized spacial score (nSPS) is 17.5. The van der Waals surface area contributed by atoms with Gasteiger partial charge in [-0.2, -0.15) is 18.3 Å². The monoisotopic (exact) mass is 367 g/mol. The Balaban J connectivity index is 1.94. The zero-order valence-electron chi connectivity index (χ0n) is 13.8. The molecule has 9 heteroatoms. The molecule has 6 nitrogen and oxygen atoms in total. The second-order valence-corrected chi connectivity index (χ2v) is 6.10. The zero-order chi connectivity index (χ0) is 19.1. The summed E-state index contributed by atoms with van der Waals surface area (Å²) in [5.41, 5.74) is -0.114. The lowest BCUT2D eigenvalue weighted by Crippen LogP contribution is -2.40. The number of hydrogen-bond donors (Lipinski definition) is 1. The first-order valence-electron chi connectivity index (χ1n) is 7.96. The largest absolute Gasteiger partial charge is 0.480 e. The van der Waals surface area contributed by atoms with Crippen molar-refractivity contribution in [2.24, 2.45) is 0 Å². The van der Waals surface area contributed by atoms with Crippen molar-refractivity contribution in [3.63, 3.8) is 0 Å². The molecule has 1 saturated heterocycles. The molecule has 2 heterocycles. The van der Waals surface area contributed by atoms with Crippen LogP contribution in [0.1, 0.15) is 34.5 Å². The fourth-order valence-corrected chi connectivity index (χ4v) is 3.12. The molecule has 2 aromatic rings. The van der Waals surface area contributed by atoms with E-state index in [-0.39, 0.29) is 11.3 Å². The number of rotatable bonds is 3. The molecule has 1 aromatic heterocycles. The highest BCUT2D eigenvalue weighted by molar-refractivity contribution is 5.97. The number of aromatic nitrogens is 2. The molecule has 0 radical (unpaired) electrons. The van der Waals surface area contributed by atoms with Crippen molar-refractivity contribution in [2.45, 2.75) is 32.0 Å². The minimum atomic E-state index is -4.49. The SMILES string of the molecule is Cc1c(C(=O)N2CCC[C@H]2C(=O)O)cnn1-c1cccc(C(F)(F)F)c1. The van der Waals surface area contributed by atoms with Crippen LogP contribution in [0, 0.1) is 6.92 Å². The van der Waals surface area contributed by atoms with E-state index in [0.717, 1.165) is 12.1 Å². The van der Waals surface area contributed by atoms with Crippen LogP contribution in [0.15, 0.2) is 30.5 Å². The molecule has 138 valence electrons. The van der Waals surface area contributed by atoms with Crippen LogP contribution in [0.5, 0.6) is 0 Å². The number of hydrogen-bond acceptors (Lipinski definition) is 3. The molecule has 1 atom stereocenters. The number of carboxylic acid groups (broad SMARTS) is 1. The van der Waals surface area contributed by atoms with E-state index < -0.39 is 29.7 Å². The lowest BCUT2D eigenvalue weighted by molar-refractivity contribution is -0.141. The quantitative estimate of drug-likeness (QED) is 0.905. The number of alkyl halides is 3. The van der Waals surface area contributed by atoms with Crippen molar-refractivity contribution >= 4 is 11.9 Å². The first kappa shape index (κ1) is 18.0. The maximum absolute atomic E-state index is 12.9. The number of amides is 1. The highest BCUT2D eigenvalue weighted by atomic mass is 19.4. The smallest absolute Gasteiger partial charge is 0.416 e. The van der Waals surface area contributed by atoms with Gasteiger partial charge in [-0.05, 0) is 38.0 Å². The molecule has 0 aliphatic carbocycles. The summed E-state index contributed by atoms with van der Waals surface area (Å²) in [5, 5.41) is 13.2. The zero-order valence-corrected chi connectivity index (χ0v) is 13.8. The third kappa shape index (κ3) is 3.16. The van der Waals surface area contributed by atoms with E-state index in [1.807, 2.05) is 0 Å². The van der Waals surface area contributed by atoms with Crippen LogP contribution in [0.3, 0.4) is 0 Å². The molecule has 0 unspecified atom stereocenters. The molecule has 0 bridgehead atoms. The van der Waals surface area contributed by atoms with Gasteiger partial charge in [0, 0.05) is 6.54 Å². The number of nitrogens with zero attached hydrogens (tertiary/aromatic N) is 3. The van der Waals surface area contributed by atoms with Crippen molar-refractivity contribution in [3.8, 4) is 5.69 Å². The van der Waals surface area contributed by atoms with Gasteiger partial charge >= 0.3 is 12.1 Å². The molecule has 1 aliphatic heterocycles. The summed E-state index contributed by atoms with van der Waals surface area (Å²) in [7, 11) is 0.